The summed E-state index contributed by atoms with van der Waals surface area (Å²) in [6.45, 7) is 9.16. The first-order chi connectivity index (χ1) is 14.8. The second kappa shape index (κ2) is 10.5. The third-order valence-electron chi connectivity index (χ3n) is 6.77. The maximum atomic E-state index is 5.52. The van der Waals surface area contributed by atoms with Gasteiger partial charge in [-0.15, -0.1) is 0 Å². The van der Waals surface area contributed by atoms with E-state index < -0.39 is 0 Å². The van der Waals surface area contributed by atoms with E-state index in [9.17, 15) is 0 Å². The number of morpholine rings is 1. The van der Waals surface area contributed by atoms with E-state index >= 15 is 0 Å². The van der Waals surface area contributed by atoms with Gasteiger partial charge in [-0.25, -0.2) is 0 Å². The molecule has 0 amide bonds. The highest BCUT2D eigenvalue weighted by Gasteiger charge is 2.31. The van der Waals surface area contributed by atoms with E-state index in [1.54, 1.807) is 7.11 Å². The predicted octanol–water partition coefficient (Wildman–Crippen LogP) is 1.81. The Morgan fingerprint density at radius 1 is 1.13 bits per heavy atom. The number of aliphatic imine (C=N–C) groups is 1. The maximum absolute atomic E-state index is 5.52. The van der Waals surface area contributed by atoms with Crippen molar-refractivity contribution in [1.29, 1.82) is 0 Å². The molecule has 2 unspecified atom stereocenters. The van der Waals surface area contributed by atoms with Gasteiger partial charge in [-0.2, -0.15) is 0 Å². The summed E-state index contributed by atoms with van der Waals surface area (Å²) < 4.78 is 10.9. The molecule has 0 radical (unpaired) electrons. The van der Waals surface area contributed by atoms with E-state index in [2.05, 4.69) is 49.3 Å². The van der Waals surface area contributed by atoms with Crippen LogP contribution >= 0.6 is 0 Å². The molecule has 3 aliphatic heterocycles. The van der Waals surface area contributed by atoms with Crippen molar-refractivity contribution < 1.29 is 9.47 Å². The van der Waals surface area contributed by atoms with Crippen molar-refractivity contribution in [3.8, 4) is 5.75 Å². The van der Waals surface area contributed by atoms with Crippen molar-refractivity contribution in [3.05, 3.63) is 29.8 Å². The van der Waals surface area contributed by atoms with Gasteiger partial charge in [-0.1, -0.05) is 12.1 Å². The second-order valence-electron chi connectivity index (χ2n) is 8.50. The second-order valence-corrected chi connectivity index (χ2v) is 8.50. The van der Waals surface area contributed by atoms with Gasteiger partial charge in [0, 0.05) is 45.8 Å². The van der Waals surface area contributed by atoms with Crippen LogP contribution in [0.1, 0.15) is 30.9 Å². The molecule has 2 atom stereocenters. The Hall–Kier alpha value is -1.83. The number of ether oxygens (including phenoxy) is 2. The van der Waals surface area contributed by atoms with Crippen LogP contribution in [0.2, 0.25) is 0 Å². The zero-order valence-electron chi connectivity index (χ0n) is 18.6. The van der Waals surface area contributed by atoms with Crippen LogP contribution in [0, 0.1) is 0 Å². The van der Waals surface area contributed by atoms with Crippen molar-refractivity contribution in [2.24, 2.45) is 4.99 Å². The fourth-order valence-electron chi connectivity index (χ4n) is 5.03. The van der Waals surface area contributed by atoms with Gasteiger partial charge in [-0.3, -0.25) is 14.8 Å². The van der Waals surface area contributed by atoms with Crippen LogP contribution in [0.15, 0.2) is 29.3 Å². The van der Waals surface area contributed by atoms with Gasteiger partial charge in [0.15, 0.2) is 5.96 Å². The Labute approximate surface area is 181 Å². The number of likely N-dealkylation sites (tertiary alicyclic amines) is 2. The SMILES string of the molecule is CN=C(NCC(c1ccc(OC)cc1)N1CCCC1)N1CCC(N2CCOCC2)C1. The van der Waals surface area contributed by atoms with Gasteiger partial charge in [0.1, 0.15) is 5.75 Å². The summed E-state index contributed by atoms with van der Waals surface area (Å²) in [4.78, 5) is 12.2. The highest BCUT2D eigenvalue weighted by Crippen LogP contribution is 2.26. The zero-order valence-corrected chi connectivity index (χ0v) is 18.6. The summed E-state index contributed by atoms with van der Waals surface area (Å²) in [5.41, 5.74) is 1.34. The van der Waals surface area contributed by atoms with Gasteiger partial charge in [0.25, 0.3) is 0 Å². The topological polar surface area (TPSA) is 52.6 Å². The lowest BCUT2D eigenvalue weighted by Gasteiger charge is -2.33. The molecule has 0 aliphatic carbocycles. The minimum atomic E-state index is 0.354. The molecular weight excluding hydrogens is 378 g/mol. The molecule has 1 aromatic rings. The van der Waals surface area contributed by atoms with Crippen LogP contribution in [0.25, 0.3) is 0 Å². The number of hydrogen-bond acceptors (Lipinski definition) is 5. The van der Waals surface area contributed by atoms with Gasteiger partial charge in [0.05, 0.1) is 26.4 Å². The van der Waals surface area contributed by atoms with Crippen molar-refractivity contribution in [1.82, 2.24) is 20.0 Å². The fraction of sp³-hybridized carbons (Fsp3) is 0.696. The van der Waals surface area contributed by atoms with Crippen molar-refractivity contribution in [3.63, 3.8) is 0 Å². The van der Waals surface area contributed by atoms with Crippen molar-refractivity contribution >= 4 is 5.96 Å². The van der Waals surface area contributed by atoms with Crippen LogP contribution in [0.4, 0.5) is 0 Å². The molecule has 4 rings (SSSR count). The lowest BCUT2D eigenvalue weighted by Crippen LogP contribution is -2.47. The molecule has 3 aliphatic rings. The minimum absolute atomic E-state index is 0.354. The predicted molar refractivity (Wildman–Crippen MR) is 120 cm³/mol. The largest absolute Gasteiger partial charge is 0.497 e. The first-order valence-electron chi connectivity index (χ1n) is 11.4. The van der Waals surface area contributed by atoms with E-state index in [1.165, 1.54) is 37.9 Å². The van der Waals surface area contributed by atoms with Crippen LogP contribution in [-0.2, 0) is 4.74 Å². The minimum Gasteiger partial charge on any atom is -0.497 e. The summed E-state index contributed by atoms with van der Waals surface area (Å²) in [5, 5.41) is 3.70. The molecule has 0 aromatic heterocycles. The lowest BCUT2D eigenvalue weighted by molar-refractivity contribution is 0.0194. The first-order valence-corrected chi connectivity index (χ1v) is 11.4. The van der Waals surface area contributed by atoms with Crippen molar-refractivity contribution in [2.45, 2.75) is 31.3 Å². The molecule has 0 bridgehead atoms. The Kier molecular flexibility index (Phi) is 7.47. The maximum Gasteiger partial charge on any atom is 0.193 e. The standard InChI is InChI=1S/C23H37N5O2/c1-24-23(28-12-9-20(18-28)26-13-15-30-16-14-26)25-17-22(27-10-3-4-11-27)19-5-7-21(29-2)8-6-19/h5-8,20,22H,3-4,9-18H2,1-2H3,(H,24,25). The number of nitrogens with one attached hydrogen (secondary N) is 1. The molecule has 30 heavy (non-hydrogen) atoms. The molecule has 1 N–H and O–H groups in total. The van der Waals surface area contributed by atoms with Crippen LogP contribution in [0.3, 0.4) is 0 Å². The fourth-order valence-corrected chi connectivity index (χ4v) is 5.03. The molecular formula is C23H37N5O2. The number of methoxy groups -OCH3 is 1. The third kappa shape index (κ3) is 5.07. The van der Waals surface area contributed by atoms with E-state index in [1.807, 2.05) is 7.05 Å². The summed E-state index contributed by atoms with van der Waals surface area (Å²) in [6.07, 6.45) is 3.78. The smallest absolute Gasteiger partial charge is 0.193 e. The van der Waals surface area contributed by atoms with Crippen LogP contribution < -0.4 is 10.1 Å². The Balaban J connectivity index is 1.37. The van der Waals surface area contributed by atoms with Crippen molar-refractivity contribution in [2.75, 3.05) is 73.2 Å². The summed E-state index contributed by atoms with van der Waals surface area (Å²) in [6, 6.07) is 9.52. The molecule has 0 saturated carbocycles. The summed E-state index contributed by atoms with van der Waals surface area (Å²) >= 11 is 0. The monoisotopic (exact) mass is 415 g/mol. The Morgan fingerprint density at radius 3 is 2.53 bits per heavy atom. The van der Waals surface area contributed by atoms with E-state index in [0.29, 0.717) is 12.1 Å². The number of guanidine groups is 1. The molecule has 1 aromatic carbocycles. The molecule has 3 heterocycles. The quantitative estimate of drug-likeness (QED) is 0.565. The first kappa shape index (κ1) is 21.4. The molecule has 0 spiro atoms. The highest BCUT2D eigenvalue weighted by molar-refractivity contribution is 5.80. The Bertz CT molecular complexity index is 683. The molecule has 166 valence electrons. The highest BCUT2D eigenvalue weighted by atomic mass is 16.5. The number of nitrogens with zero attached hydrogens (tertiary/aromatic N) is 4. The molecule has 3 fully saturated rings. The van der Waals surface area contributed by atoms with Gasteiger partial charge >= 0.3 is 0 Å². The molecule has 7 nitrogen and oxygen atoms in total. The third-order valence-corrected chi connectivity index (χ3v) is 6.77. The van der Waals surface area contributed by atoms with Gasteiger partial charge in [-0.05, 0) is 50.0 Å². The molecule has 3 saturated heterocycles. The summed E-state index contributed by atoms with van der Waals surface area (Å²) in [5.74, 6) is 1.94. The Morgan fingerprint density at radius 2 is 1.87 bits per heavy atom. The van der Waals surface area contributed by atoms with E-state index in [-0.39, 0.29) is 0 Å². The number of benzene rings is 1. The summed E-state index contributed by atoms with van der Waals surface area (Å²) in [7, 11) is 3.63. The molecule has 7 heteroatoms. The van der Waals surface area contributed by atoms with Crippen LogP contribution in [0.5, 0.6) is 5.75 Å². The van der Waals surface area contributed by atoms with E-state index in [0.717, 1.165) is 57.6 Å². The number of rotatable bonds is 6. The normalized spacial score (nSPS) is 24.9. The average Bonchev–Trinajstić information content (AvgIpc) is 3.50. The van der Waals surface area contributed by atoms with Crippen LogP contribution in [-0.4, -0.2) is 99.9 Å². The number of hydrogen-bond donors (Lipinski definition) is 1. The lowest BCUT2D eigenvalue weighted by atomic mass is 10.1. The van der Waals surface area contributed by atoms with Gasteiger partial charge < -0.3 is 19.7 Å². The average molecular weight is 416 g/mol. The van der Waals surface area contributed by atoms with E-state index in [4.69, 9.17) is 9.47 Å². The van der Waals surface area contributed by atoms with Gasteiger partial charge in [0.2, 0.25) is 0 Å². The zero-order chi connectivity index (χ0) is 20.8.